The Kier molecular flexibility index (Phi) is 8.60. The highest BCUT2D eigenvalue weighted by Crippen LogP contribution is 2.32. The standard InChI is InChI=1S/C22H26ClN3O2S.ClH/c1-16-3-4-19(15-20(16)23)29-25-18-13-17-5-10-28-22(17)21(14-18)24-6-2-7-26-8-11-27-12-9-26;/h3-5,10,13-15,24-25H,2,6-9,11-12H2,1H3;1H. The molecule has 2 heterocycles. The molecule has 0 atom stereocenters. The lowest BCUT2D eigenvalue weighted by Crippen LogP contribution is -2.37. The van der Waals surface area contributed by atoms with Gasteiger partial charge >= 0.3 is 0 Å². The monoisotopic (exact) mass is 467 g/mol. The third-order valence-corrected chi connectivity index (χ3v) is 6.29. The van der Waals surface area contributed by atoms with Crippen LogP contribution >= 0.6 is 36.0 Å². The summed E-state index contributed by atoms with van der Waals surface area (Å²) in [6.07, 6.45) is 2.82. The molecule has 5 nitrogen and oxygen atoms in total. The summed E-state index contributed by atoms with van der Waals surface area (Å²) in [4.78, 5) is 3.53. The molecule has 1 aromatic heterocycles. The fraction of sp³-hybridized carbons (Fsp3) is 0.364. The van der Waals surface area contributed by atoms with Crippen LogP contribution in [0.3, 0.4) is 0 Å². The number of morpholine rings is 1. The lowest BCUT2D eigenvalue weighted by atomic mass is 10.2. The van der Waals surface area contributed by atoms with Crippen molar-refractivity contribution >= 4 is 58.3 Å². The topological polar surface area (TPSA) is 49.7 Å². The summed E-state index contributed by atoms with van der Waals surface area (Å²) < 4.78 is 14.5. The van der Waals surface area contributed by atoms with Crippen LogP contribution in [0.15, 0.2) is 52.0 Å². The van der Waals surface area contributed by atoms with Crippen LogP contribution in [-0.2, 0) is 4.74 Å². The molecule has 4 rings (SSSR count). The van der Waals surface area contributed by atoms with Gasteiger partial charge in [-0.3, -0.25) is 4.90 Å². The first-order valence-electron chi connectivity index (χ1n) is 9.93. The molecule has 0 amide bonds. The van der Waals surface area contributed by atoms with Crippen molar-refractivity contribution in [3.8, 4) is 0 Å². The molecule has 30 heavy (non-hydrogen) atoms. The fourth-order valence-electron chi connectivity index (χ4n) is 3.38. The van der Waals surface area contributed by atoms with Crippen LogP contribution in [0.25, 0.3) is 11.0 Å². The van der Waals surface area contributed by atoms with Crippen molar-refractivity contribution in [2.24, 2.45) is 0 Å². The van der Waals surface area contributed by atoms with Gasteiger partial charge in [-0.2, -0.15) is 0 Å². The number of halogens is 2. The lowest BCUT2D eigenvalue weighted by molar-refractivity contribution is 0.0378. The maximum Gasteiger partial charge on any atom is 0.157 e. The lowest BCUT2D eigenvalue weighted by Gasteiger charge is -2.26. The van der Waals surface area contributed by atoms with Crippen LogP contribution < -0.4 is 10.0 Å². The van der Waals surface area contributed by atoms with Crippen molar-refractivity contribution in [2.75, 3.05) is 49.4 Å². The normalized spacial score (nSPS) is 14.5. The Morgan fingerprint density at radius 3 is 2.77 bits per heavy atom. The van der Waals surface area contributed by atoms with E-state index in [9.17, 15) is 0 Å². The number of ether oxygens (including phenoxy) is 1. The Balaban J connectivity index is 0.00000256. The number of nitrogens with one attached hydrogen (secondary N) is 2. The summed E-state index contributed by atoms with van der Waals surface area (Å²) in [5, 5.41) is 5.41. The smallest absolute Gasteiger partial charge is 0.157 e. The van der Waals surface area contributed by atoms with E-state index in [1.807, 2.05) is 25.1 Å². The number of hydrogen-bond donors (Lipinski definition) is 2. The molecule has 8 heteroatoms. The number of benzene rings is 2. The molecule has 1 aliphatic heterocycles. The van der Waals surface area contributed by atoms with Gasteiger partial charge in [-0.15, -0.1) is 12.4 Å². The number of hydrogen-bond acceptors (Lipinski definition) is 6. The highest BCUT2D eigenvalue weighted by Gasteiger charge is 2.11. The third-order valence-electron chi connectivity index (χ3n) is 5.05. The molecule has 1 fully saturated rings. The minimum absolute atomic E-state index is 0. The number of anilines is 2. The molecule has 0 bridgehead atoms. The molecule has 2 N–H and O–H groups in total. The van der Waals surface area contributed by atoms with Crippen molar-refractivity contribution in [3.63, 3.8) is 0 Å². The quantitative estimate of drug-likeness (QED) is 0.309. The average molecular weight is 468 g/mol. The second kappa shape index (κ2) is 11.2. The van der Waals surface area contributed by atoms with Gasteiger partial charge in [0.2, 0.25) is 0 Å². The largest absolute Gasteiger partial charge is 0.462 e. The third kappa shape index (κ3) is 5.99. The predicted octanol–water partition coefficient (Wildman–Crippen LogP) is 6.07. The number of furan rings is 1. The molecular weight excluding hydrogens is 441 g/mol. The summed E-state index contributed by atoms with van der Waals surface area (Å²) in [6.45, 7) is 7.74. The van der Waals surface area contributed by atoms with E-state index in [4.69, 9.17) is 20.8 Å². The Morgan fingerprint density at radius 2 is 1.97 bits per heavy atom. The minimum atomic E-state index is 0. The van der Waals surface area contributed by atoms with E-state index in [1.54, 1.807) is 18.2 Å². The first-order valence-corrected chi connectivity index (χ1v) is 11.1. The molecular formula is C22H27Cl2N3O2S. The number of fused-ring (bicyclic) bond motifs is 1. The van der Waals surface area contributed by atoms with Crippen LogP contribution in [0.4, 0.5) is 11.4 Å². The zero-order valence-electron chi connectivity index (χ0n) is 16.9. The van der Waals surface area contributed by atoms with Crippen molar-refractivity contribution < 1.29 is 9.15 Å². The van der Waals surface area contributed by atoms with Gasteiger partial charge in [-0.1, -0.05) is 17.7 Å². The van der Waals surface area contributed by atoms with E-state index in [0.29, 0.717) is 0 Å². The molecule has 162 valence electrons. The Morgan fingerprint density at radius 1 is 1.13 bits per heavy atom. The molecule has 0 spiro atoms. The Bertz CT molecular complexity index is 961. The van der Waals surface area contributed by atoms with E-state index in [-0.39, 0.29) is 12.4 Å². The van der Waals surface area contributed by atoms with Crippen LogP contribution in [0, 0.1) is 6.92 Å². The number of nitrogens with zero attached hydrogens (tertiary/aromatic N) is 1. The van der Waals surface area contributed by atoms with E-state index >= 15 is 0 Å². The van der Waals surface area contributed by atoms with E-state index in [2.05, 4.69) is 33.1 Å². The number of aryl methyl sites for hydroxylation is 1. The summed E-state index contributed by atoms with van der Waals surface area (Å²) in [7, 11) is 0. The van der Waals surface area contributed by atoms with Crippen LogP contribution in [0.1, 0.15) is 12.0 Å². The Labute approximate surface area is 193 Å². The molecule has 2 aromatic carbocycles. The van der Waals surface area contributed by atoms with Crippen LogP contribution in [0.2, 0.25) is 5.02 Å². The number of rotatable bonds is 8. The zero-order chi connectivity index (χ0) is 20.1. The van der Waals surface area contributed by atoms with E-state index < -0.39 is 0 Å². The molecule has 1 saturated heterocycles. The fourth-order valence-corrected chi connectivity index (χ4v) is 4.29. The van der Waals surface area contributed by atoms with E-state index in [1.165, 1.54) is 0 Å². The summed E-state index contributed by atoms with van der Waals surface area (Å²) in [5.74, 6) is 0. The first-order chi connectivity index (χ1) is 14.2. The molecule has 0 unspecified atom stereocenters. The highest BCUT2D eigenvalue weighted by molar-refractivity contribution is 8.00. The van der Waals surface area contributed by atoms with Gasteiger partial charge in [0.25, 0.3) is 0 Å². The van der Waals surface area contributed by atoms with Crippen molar-refractivity contribution in [3.05, 3.63) is 53.2 Å². The van der Waals surface area contributed by atoms with Gasteiger partial charge in [0.15, 0.2) is 5.58 Å². The summed E-state index contributed by atoms with van der Waals surface area (Å²) in [5.41, 5.74) is 4.01. The van der Waals surface area contributed by atoms with E-state index in [0.717, 1.165) is 83.6 Å². The van der Waals surface area contributed by atoms with Crippen molar-refractivity contribution in [1.29, 1.82) is 0 Å². The van der Waals surface area contributed by atoms with Gasteiger partial charge in [0.05, 0.1) is 25.2 Å². The molecule has 0 radical (unpaired) electrons. The Hall–Kier alpha value is -1.57. The second-order valence-corrected chi connectivity index (χ2v) is 8.50. The minimum Gasteiger partial charge on any atom is -0.462 e. The van der Waals surface area contributed by atoms with Crippen molar-refractivity contribution in [1.82, 2.24) is 4.90 Å². The summed E-state index contributed by atoms with van der Waals surface area (Å²) >= 11 is 7.79. The second-order valence-electron chi connectivity index (χ2n) is 7.21. The summed E-state index contributed by atoms with van der Waals surface area (Å²) in [6, 6.07) is 12.3. The first kappa shape index (κ1) is 23.1. The van der Waals surface area contributed by atoms with Crippen LogP contribution in [0.5, 0.6) is 0 Å². The van der Waals surface area contributed by atoms with Gasteiger partial charge in [0.1, 0.15) is 0 Å². The highest BCUT2D eigenvalue weighted by atomic mass is 35.5. The average Bonchev–Trinajstić information content (AvgIpc) is 3.21. The maximum atomic E-state index is 6.24. The van der Waals surface area contributed by atoms with Crippen LogP contribution in [-0.4, -0.2) is 44.3 Å². The SMILES string of the molecule is Cc1ccc(SNc2cc(NCCCN3CCOCC3)c3occc3c2)cc1Cl.Cl. The van der Waals surface area contributed by atoms with Gasteiger partial charge in [-0.05, 0) is 67.7 Å². The van der Waals surface area contributed by atoms with Gasteiger partial charge < -0.3 is 19.2 Å². The molecule has 0 saturated carbocycles. The maximum absolute atomic E-state index is 6.24. The molecule has 0 aliphatic carbocycles. The molecule has 3 aromatic rings. The van der Waals surface area contributed by atoms with Crippen molar-refractivity contribution in [2.45, 2.75) is 18.2 Å². The predicted molar refractivity (Wildman–Crippen MR) is 129 cm³/mol. The van der Waals surface area contributed by atoms with Gasteiger partial charge in [-0.25, -0.2) is 0 Å². The zero-order valence-corrected chi connectivity index (χ0v) is 19.3. The van der Waals surface area contributed by atoms with Gasteiger partial charge in [0, 0.05) is 40.6 Å². The molecule has 1 aliphatic rings.